The van der Waals surface area contributed by atoms with E-state index in [0.717, 1.165) is 29.5 Å². The van der Waals surface area contributed by atoms with E-state index in [1.807, 2.05) is 5.38 Å². The summed E-state index contributed by atoms with van der Waals surface area (Å²) >= 11 is 4.46. The maximum absolute atomic E-state index is 12.5. The van der Waals surface area contributed by atoms with Gasteiger partial charge in [0.05, 0.1) is 16.9 Å². The van der Waals surface area contributed by atoms with Gasteiger partial charge in [0.15, 0.2) is 5.13 Å². The number of amides is 1. The topological polar surface area (TPSA) is 87.7 Å². The van der Waals surface area contributed by atoms with Crippen LogP contribution in [0.2, 0.25) is 0 Å². The van der Waals surface area contributed by atoms with Crippen LogP contribution in [-0.2, 0) is 23.4 Å². The maximum Gasteiger partial charge on any atom is 0.259 e. The van der Waals surface area contributed by atoms with Crippen LogP contribution in [-0.4, -0.2) is 26.6 Å². The first-order chi connectivity index (χ1) is 12.2. The van der Waals surface area contributed by atoms with E-state index >= 15 is 0 Å². The van der Waals surface area contributed by atoms with Crippen molar-refractivity contribution in [3.8, 4) is 0 Å². The van der Waals surface area contributed by atoms with Crippen LogP contribution in [0.1, 0.15) is 29.1 Å². The van der Waals surface area contributed by atoms with Gasteiger partial charge >= 0.3 is 0 Å². The lowest BCUT2D eigenvalue weighted by molar-refractivity contribution is -0.113. The third kappa shape index (κ3) is 3.63. The Balaban J connectivity index is 1.43. The van der Waals surface area contributed by atoms with E-state index in [1.165, 1.54) is 40.0 Å². The zero-order valence-corrected chi connectivity index (χ0v) is 15.8. The molecule has 25 heavy (non-hydrogen) atoms. The van der Waals surface area contributed by atoms with E-state index in [0.29, 0.717) is 22.5 Å². The molecule has 3 aromatic heterocycles. The molecule has 0 spiro atoms. The number of aromatic amines is 1. The molecule has 3 heterocycles. The molecule has 0 bridgehead atoms. The lowest BCUT2D eigenvalue weighted by Gasteiger charge is -2.09. The number of hydrogen-bond acceptors (Lipinski definition) is 7. The molecule has 1 aliphatic carbocycles. The lowest BCUT2D eigenvalue weighted by Crippen LogP contribution is -2.15. The van der Waals surface area contributed by atoms with Gasteiger partial charge in [-0.1, -0.05) is 0 Å². The van der Waals surface area contributed by atoms with Gasteiger partial charge in [-0.3, -0.25) is 9.59 Å². The summed E-state index contributed by atoms with van der Waals surface area (Å²) in [5.74, 6) is 1.32. The SMILES string of the molecule is O=C(CSCc1nc2sc3c(c2c(=O)[nH]1)CCCC3)Nc1nccs1. The second-order valence-electron chi connectivity index (χ2n) is 5.78. The number of nitrogens with one attached hydrogen (secondary N) is 2. The Hall–Kier alpha value is -1.71. The highest BCUT2D eigenvalue weighted by atomic mass is 32.2. The number of aryl methyl sites for hydroxylation is 2. The third-order valence-corrected chi connectivity index (χ3v) is 6.84. The third-order valence-electron chi connectivity index (χ3n) is 4.02. The molecule has 1 amide bonds. The molecule has 1 aliphatic rings. The Bertz CT molecular complexity index is 962. The van der Waals surface area contributed by atoms with E-state index in [9.17, 15) is 9.59 Å². The van der Waals surface area contributed by atoms with Gasteiger partial charge in [-0.25, -0.2) is 9.97 Å². The predicted molar refractivity (Wildman–Crippen MR) is 104 cm³/mol. The van der Waals surface area contributed by atoms with Crippen LogP contribution < -0.4 is 10.9 Å². The molecule has 0 aliphatic heterocycles. The molecule has 0 saturated carbocycles. The van der Waals surface area contributed by atoms with Crippen molar-refractivity contribution in [3.63, 3.8) is 0 Å². The molecule has 3 aromatic rings. The van der Waals surface area contributed by atoms with Crippen LogP contribution >= 0.6 is 34.4 Å². The first-order valence-corrected chi connectivity index (χ1v) is 10.9. The number of thiazole rings is 1. The number of hydrogen-bond donors (Lipinski definition) is 2. The molecular formula is C16H16N4O2S3. The quantitative estimate of drug-likeness (QED) is 0.696. The van der Waals surface area contributed by atoms with Crippen LogP contribution in [0.25, 0.3) is 10.2 Å². The van der Waals surface area contributed by atoms with Gasteiger partial charge in [-0.2, -0.15) is 0 Å². The van der Waals surface area contributed by atoms with E-state index in [1.54, 1.807) is 17.5 Å². The normalized spacial score (nSPS) is 13.8. The summed E-state index contributed by atoms with van der Waals surface area (Å²) in [7, 11) is 0. The van der Waals surface area contributed by atoms with Crippen LogP contribution in [0.4, 0.5) is 5.13 Å². The fourth-order valence-electron chi connectivity index (χ4n) is 2.96. The van der Waals surface area contributed by atoms with Crippen LogP contribution in [0.15, 0.2) is 16.4 Å². The number of anilines is 1. The summed E-state index contributed by atoms with van der Waals surface area (Å²) in [6.45, 7) is 0. The molecule has 0 fully saturated rings. The minimum atomic E-state index is -0.102. The van der Waals surface area contributed by atoms with Crippen molar-refractivity contribution < 1.29 is 4.79 Å². The minimum Gasteiger partial charge on any atom is -0.309 e. The summed E-state index contributed by atoms with van der Waals surface area (Å²) in [4.78, 5) is 38.0. The molecule has 0 atom stereocenters. The van der Waals surface area contributed by atoms with Crippen molar-refractivity contribution >= 4 is 55.7 Å². The molecule has 0 unspecified atom stereocenters. The summed E-state index contributed by atoms with van der Waals surface area (Å²) < 4.78 is 0. The largest absolute Gasteiger partial charge is 0.309 e. The Kier molecular flexibility index (Phi) is 4.87. The zero-order valence-electron chi connectivity index (χ0n) is 13.3. The predicted octanol–water partition coefficient (Wildman–Crippen LogP) is 3.19. The first-order valence-electron chi connectivity index (χ1n) is 8.01. The Morgan fingerprint density at radius 2 is 2.24 bits per heavy atom. The van der Waals surface area contributed by atoms with Gasteiger partial charge in [0.25, 0.3) is 5.56 Å². The Morgan fingerprint density at radius 3 is 3.08 bits per heavy atom. The van der Waals surface area contributed by atoms with Gasteiger partial charge in [0.1, 0.15) is 10.7 Å². The van der Waals surface area contributed by atoms with Crippen molar-refractivity contribution in [2.45, 2.75) is 31.4 Å². The summed E-state index contributed by atoms with van der Waals surface area (Å²) in [5.41, 5.74) is 1.15. The van der Waals surface area contributed by atoms with Gasteiger partial charge < -0.3 is 10.3 Å². The number of rotatable bonds is 5. The number of carbonyl (C=O) groups is 1. The highest BCUT2D eigenvalue weighted by Crippen LogP contribution is 2.33. The van der Waals surface area contributed by atoms with E-state index in [-0.39, 0.29) is 11.5 Å². The summed E-state index contributed by atoms with van der Waals surface area (Å²) in [6, 6.07) is 0. The smallest absolute Gasteiger partial charge is 0.259 e. The lowest BCUT2D eigenvalue weighted by atomic mass is 9.97. The standard InChI is InChI=1S/C16H16N4O2S3/c21-12(20-16-17-5-6-24-16)8-23-7-11-18-14(22)13-9-3-1-2-4-10(9)25-15(13)19-11/h5-6H,1-4,7-8H2,(H,17,20,21)(H,18,19,22). The van der Waals surface area contributed by atoms with Crippen LogP contribution in [0.5, 0.6) is 0 Å². The van der Waals surface area contributed by atoms with Crippen LogP contribution in [0.3, 0.4) is 0 Å². The number of carbonyl (C=O) groups excluding carboxylic acids is 1. The molecule has 0 saturated heterocycles. The molecular weight excluding hydrogens is 376 g/mol. The average Bonchev–Trinajstić information content (AvgIpc) is 3.21. The van der Waals surface area contributed by atoms with Crippen molar-refractivity contribution in [1.29, 1.82) is 0 Å². The Morgan fingerprint density at radius 1 is 1.36 bits per heavy atom. The molecule has 6 nitrogen and oxygen atoms in total. The van der Waals surface area contributed by atoms with E-state index in [4.69, 9.17) is 0 Å². The fourth-order valence-corrected chi connectivity index (χ4v) is 5.47. The number of thiophene rings is 1. The highest BCUT2D eigenvalue weighted by Gasteiger charge is 2.19. The first kappa shape index (κ1) is 16.7. The van der Waals surface area contributed by atoms with Crippen molar-refractivity contribution in [1.82, 2.24) is 15.0 Å². The Labute approximate surface area is 156 Å². The molecule has 0 aromatic carbocycles. The summed E-state index contributed by atoms with van der Waals surface area (Å²) in [5, 5.41) is 5.93. The van der Waals surface area contributed by atoms with Crippen molar-refractivity contribution in [2.75, 3.05) is 11.1 Å². The van der Waals surface area contributed by atoms with Gasteiger partial charge in [0.2, 0.25) is 5.91 Å². The van der Waals surface area contributed by atoms with Crippen molar-refractivity contribution in [3.05, 3.63) is 38.2 Å². The monoisotopic (exact) mass is 392 g/mol. The maximum atomic E-state index is 12.5. The number of nitrogens with zero attached hydrogens (tertiary/aromatic N) is 2. The van der Waals surface area contributed by atoms with Gasteiger partial charge in [-0.05, 0) is 31.2 Å². The second kappa shape index (κ2) is 7.27. The molecule has 9 heteroatoms. The van der Waals surface area contributed by atoms with E-state index in [2.05, 4.69) is 20.3 Å². The summed E-state index contributed by atoms with van der Waals surface area (Å²) in [6.07, 6.45) is 6.01. The molecule has 2 N–H and O–H groups in total. The molecule has 0 radical (unpaired) electrons. The fraction of sp³-hybridized carbons (Fsp3) is 0.375. The number of thioether (sulfide) groups is 1. The highest BCUT2D eigenvalue weighted by molar-refractivity contribution is 7.99. The van der Waals surface area contributed by atoms with Gasteiger partial charge in [-0.15, -0.1) is 34.4 Å². The average molecular weight is 393 g/mol. The molecule has 130 valence electrons. The zero-order chi connectivity index (χ0) is 17.2. The number of fused-ring (bicyclic) bond motifs is 3. The molecule has 4 rings (SSSR count). The van der Waals surface area contributed by atoms with E-state index < -0.39 is 0 Å². The van der Waals surface area contributed by atoms with Gasteiger partial charge in [0, 0.05) is 16.5 Å². The number of aromatic nitrogens is 3. The van der Waals surface area contributed by atoms with Crippen molar-refractivity contribution in [2.24, 2.45) is 0 Å². The van der Waals surface area contributed by atoms with Crippen LogP contribution in [0, 0.1) is 0 Å². The minimum absolute atomic E-state index is 0.0489. The second-order valence-corrected chi connectivity index (χ2v) is 8.75. The number of H-pyrrole nitrogens is 1.